The molecule has 2 rings (SSSR count). The Labute approximate surface area is 132 Å². The van der Waals surface area contributed by atoms with E-state index in [1.165, 1.54) is 16.8 Å². The largest absolute Gasteiger partial charge is 0.380 e. The lowest BCUT2D eigenvalue weighted by molar-refractivity contribution is -0.122. The number of hydrogen-bond donors (Lipinski definition) is 2. The number of nitrogens with one attached hydrogen (secondary N) is 2. The van der Waals surface area contributed by atoms with Crippen molar-refractivity contribution in [3.63, 3.8) is 0 Å². The first-order valence-electron chi connectivity index (χ1n) is 6.92. The van der Waals surface area contributed by atoms with Gasteiger partial charge < -0.3 is 9.30 Å². The van der Waals surface area contributed by atoms with Crippen LogP contribution in [0.15, 0.2) is 53.5 Å². The molecule has 23 heavy (non-hydrogen) atoms. The van der Waals surface area contributed by atoms with Crippen molar-refractivity contribution in [2.24, 2.45) is 0 Å². The maximum Gasteiger partial charge on any atom is 0.269 e. The Kier molecular flexibility index (Phi) is 5.65. The third-order valence-electron chi connectivity index (χ3n) is 3.06. The molecule has 7 nitrogen and oxygen atoms in total. The molecule has 0 fully saturated rings. The summed E-state index contributed by atoms with van der Waals surface area (Å²) in [5.41, 5.74) is 5.64. The van der Waals surface area contributed by atoms with Crippen molar-refractivity contribution < 1.29 is 14.3 Å². The highest BCUT2D eigenvalue weighted by molar-refractivity contribution is 5.95. The molecule has 0 saturated carbocycles. The van der Waals surface area contributed by atoms with Gasteiger partial charge in [0.1, 0.15) is 6.54 Å². The molecule has 7 heteroatoms. The minimum absolute atomic E-state index is 0.174. The van der Waals surface area contributed by atoms with Gasteiger partial charge in [0.05, 0.1) is 6.61 Å². The summed E-state index contributed by atoms with van der Waals surface area (Å²) in [4.78, 5) is 35.1. The summed E-state index contributed by atoms with van der Waals surface area (Å²) < 4.78 is 6.23. The summed E-state index contributed by atoms with van der Waals surface area (Å²) in [5, 5.41) is 0. The van der Waals surface area contributed by atoms with Crippen LogP contribution in [0.1, 0.15) is 15.9 Å². The van der Waals surface area contributed by atoms with E-state index in [2.05, 4.69) is 10.9 Å². The maximum absolute atomic E-state index is 11.9. The second-order valence-corrected chi connectivity index (χ2v) is 4.80. The van der Waals surface area contributed by atoms with Gasteiger partial charge >= 0.3 is 0 Å². The third kappa shape index (κ3) is 4.79. The fraction of sp³-hybridized carbons (Fsp3) is 0.188. The second kappa shape index (κ2) is 7.90. The van der Waals surface area contributed by atoms with Crippen molar-refractivity contribution in [3.8, 4) is 0 Å². The molecule has 0 aliphatic heterocycles. The third-order valence-corrected chi connectivity index (χ3v) is 3.06. The van der Waals surface area contributed by atoms with Gasteiger partial charge in [0.15, 0.2) is 0 Å². The van der Waals surface area contributed by atoms with E-state index < -0.39 is 11.8 Å². The number of hydrogen-bond acceptors (Lipinski definition) is 4. The van der Waals surface area contributed by atoms with Crippen molar-refractivity contribution in [2.45, 2.75) is 13.2 Å². The van der Waals surface area contributed by atoms with Crippen molar-refractivity contribution in [1.29, 1.82) is 0 Å². The Balaban J connectivity index is 1.87. The number of amides is 2. The van der Waals surface area contributed by atoms with E-state index in [1.54, 1.807) is 43.5 Å². The number of rotatable bonds is 5. The minimum atomic E-state index is -0.498. The van der Waals surface area contributed by atoms with Crippen LogP contribution in [0.4, 0.5) is 0 Å². The molecule has 0 bridgehead atoms. The number of pyridine rings is 1. The first-order chi connectivity index (χ1) is 11.1. The highest BCUT2D eigenvalue weighted by Crippen LogP contribution is 2.05. The molecule has 0 aliphatic rings. The molecule has 1 heterocycles. The smallest absolute Gasteiger partial charge is 0.269 e. The van der Waals surface area contributed by atoms with Crippen LogP contribution in [-0.2, 0) is 22.7 Å². The predicted molar refractivity (Wildman–Crippen MR) is 83.5 cm³/mol. The lowest BCUT2D eigenvalue weighted by Crippen LogP contribution is -2.44. The van der Waals surface area contributed by atoms with E-state index in [0.717, 1.165) is 5.56 Å². The minimum Gasteiger partial charge on any atom is -0.380 e. The van der Waals surface area contributed by atoms with Crippen molar-refractivity contribution >= 4 is 11.8 Å². The van der Waals surface area contributed by atoms with Crippen LogP contribution in [0, 0.1) is 0 Å². The second-order valence-electron chi connectivity index (χ2n) is 4.80. The average molecular weight is 315 g/mol. The van der Waals surface area contributed by atoms with Crippen LogP contribution >= 0.6 is 0 Å². The van der Waals surface area contributed by atoms with E-state index in [0.29, 0.717) is 12.2 Å². The van der Waals surface area contributed by atoms with E-state index in [9.17, 15) is 14.4 Å². The summed E-state index contributed by atoms with van der Waals surface area (Å²) >= 11 is 0. The van der Waals surface area contributed by atoms with Gasteiger partial charge in [0, 0.05) is 24.9 Å². The molecule has 2 aromatic rings. The van der Waals surface area contributed by atoms with E-state index in [4.69, 9.17) is 4.74 Å². The Morgan fingerprint density at radius 1 is 1.09 bits per heavy atom. The zero-order valence-corrected chi connectivity index (χ0v) is 12.6. The molecule has 120 valence electrons. The zero-order valence-electron chi connectivity index (χ0n) is 12.6. The summed E-state index contributed by atoms with van der Waals surface area (Å²) in [6.45, 7) is 0.289. The quantitative estimate of drug-likeness (QED) is 0.784. The number of methoxy groups -OCH3 is 1. The molecular weight excluding hydrogens is 298 g/mol. The fourth-order valence-corrected chi connectivity index (χ4v) is 1.90. The Morgan fingerprint density at radius 2 is 1.83 bits per heavy atom. The Hall–Kier alpha value is -2.93. The number of carbonyl (C=O) groups excluding carboxylic acids is 2. The maximum atomic E-state index is 11.9. The molecule has 2 N–H and O–H groups in total. The lowest BCUT2D eigenvalue weighted by atomic mass is 10.1. The van der Waals surface area contributed by atoms with Crippen LogP contribution in [0.25, 0.3) is 0 Å². The first kappa shape index (κ1) is 16.4. The highest BCUT2D eigenvalue weighted by atomic mass is 16.5. The van der Waals surface area contributed by atoms with Gasteiger partial charge in [0.25, 0.3) is 17.4 Å². The molecule has 0 spiro atoms. The number of hydrazine groups is 1. The SMILES string of the molecule is COCc1ccc(C(=O)NNC(=O)Cn2ccccc2=O)cc1. The van der Waals surface area contributed by atoms with Gasteiger partial charge in [-0.25, -0.2) is 0 Å². The number of aromatic nitrogens is 1. The van der Waals surface area contributed by atoms with Crippen LogP contribution < -0.4 is 16.4 Å². The van der Waals surface area contributed by atoms with Crippen molar-refractivity contribution in [2.75, 3.05) is 7.11 Å². The molecule has 0 unspecified atom stereocenters. The van der Waals surface area contributed by atoms with E-state index >= 15 is 0 Å². The molecule has 2 amide bonds. The van der Waals surface area contributed by atoms with Gasteiger partial charge in [-0.3, -0.25) is 25.2 Å². The van der Waals surface area contributed by atoms with E-state index in [1.807, 2.05) is 0 Å². The lowest BCUT2D eigenvalue weighted by Gasteiger charge is -2.09. The predicted octanol–water partition coefficient (Wildman–Crippen LogP) is 0.456. The monoisotopic (exact) mass is 315 g/mol. The van der Waals surface area contributed by atoms with Gasteiger partial charge in [-0.2, -0.15) is 0 Å². The van der Waals surface area contributed by atoms with Crippen LogP contribution in [0.5, 0.6) is 0 Å². The number of benzene rings is 1. The highest BCUT2D eigenvalue weighted by Gasteiger charge is 2.08. The molecule has 1 aromatic carbocycles. The molecular formula is C16H17N3O4. The Bertz CT molecular complexity index is 737. The summed E-state index contributed by atoms with van der Waals surface area (Å²) in [6.07, 6.45) is 1.50. The van der Waals surface area contributed by atoms with E-state index in [-0.39, 0.29) is 12.1 Å². The summed E-state index contributed by atoms with van der Waals surface area (Å²) in [5.74, 6) is -0.939. The molecule has 1 aromatic heterocycles. The summed E-state index contributed by atoms with van der Waals surface area (Å²) in [7, 11) is 1.59. The fourth-order valence-electron chi connectivity index (χ4n) is 1.90. The van der Waals surface area contributed by atoms with Crippen molar-refractivity contribution in [1.82, 2.24) is 15.4 Å². The first-order valence-corrected chi connectivity index (χ1v) is 6.92. The van der Waals surface area contributed by atoms with Gasteiger partial charge in [-0.05, 0) is 23.8 Å². The summed E-state index contributed by atoms with van der Waals surface area (Å²) in [6, 6.07) is 11.4. The average Bonchev–Trinajstić information content (AvgIpc) is 2.56. The standard InChI is InChI=1S/C16H17N3O4/c1-23-11-12-5-7-13(8-6-12)16(22)18-17-14(20)10-19-9-3-2-4-15(19)21/h2-9H,10-11H2,1H3,(H,17,20)(H,18,22). The Morgan fingerprint density at radius 3 is 2.48 bits per heavy atom. The van der Waals surface area contributed by atoms with Gasteiger partial charge in [0.2, 0.25) is 0 Å². The van der Waals surface area contributed by atoms with Crippen molar-refractivity contribution in [3.05, 3.63) is 70.1 Å². The van der Waals surface area contributed by atoms with Crippen LogP contribution in [-0.4, -0.2) is 23.5 Å². The topological polar surface area (TPSA) is 89.4 Å². The number of nitrogens with zero attached hydrogens (tertiary/aromatic N) is 1. The number of carbonyl (C=O) groups is 2. The molecule has 0 radical (unpaired) electrons. The molecule has 0 atom stereocenters. The van der Waals surface area contributed by atoms with Gasteiger partial charge in [-0.1, -0.05) is 18.2 Å². The molecule has 0 aliphatic carbocycles. The number of ether oxygens (including phenoxy) is 1. The molecule has 0 saturated heterocycles. The zero-order chi connectivity index (χ0) is 16.7. The van der Waals surface area contributed by atoms with Crippen LogP contribution in [0.2, 0.25) is 0 Å². The normalized spacial score (nSPS) is 10.1. The van der Waals surface area contributed by atoms with Gasteiger partial charge in [-0.15, -0.1) is 0 Å². The van der Waals surface area contributed by atoms with Crippen LogP contribution in [0.3, 0.4) is 0 Å².